The van der Waals surface area contributed by atoms with E-state index in [-0.39, 0.29) is 22.8 Å². The summed E-state index contributed by atoms with van der Waals surface area (Å²) < 4.78 is 44.4. The Morgan fingerprint density at radius 2 is 1.53 bits per heavy atom. The third kappa shape index (κ3) is 6.54. The summed E-state index contributed by atoms with van der Waals surface area (Å²) in [4.78, 5) is 14.3. The standard InChI is InChI=1S/C35H39N3O6S/c1-3-43-29-14-8-25(9-15-29)24-28-6-5-7-32-33(28)36-38(34(32)26-10-16-30(17-11-26)44-4-2)35(39)27-12-18-31(19-13-27)45(40,41)37-20-22-42-23-21-37/h8-19,24,32,34H,3-7,20-23H2,1-2H3. The van der Waals surface area contributed by atoms with E-state index in [0.717, 1.165) is 53.2 Å². The normalized spacial score (nSPS) is 21.3. The first-order valence-electron chi connectivity index (χ1n) is 15.7. The smallest absolute Gasteiger partial charge is 0.274 e. The van der Waals surface area contributed by atoms with Crippen molar-refractivity contribution >= 4 is 27.7 Å². The summed E-state index contributed by atoms with van der Waals surface area (Å²) in [5.41, 5.74) is 4.45. The molecule has 2 unspecified atom stereocenters. The molecule has 1 amide bonds. The highest BCUT2D eigenvalue weighted by atomic mass is 32.2. The van der Waals surface area contributed by atoms with Gasteiger partial charge in [-0.1, -0.05) is 24.3 Å². The molecule has 1 aliphatic carbocycles. The lowest BCUT2D eigenvalue weighted by atomic mass is 9.77. The number of carbonyl (C=O) groups is 1. The molecule has 1 saturated carbocycles. The van der Waals surface area contributed by atoms with Crippen LogP contribution in [-0.4, -0.2) is 68.9 Å². The Morgan fingerprint density at radius 3 is 2.16 bits per heavy atom. The molecule has 9 nitrogen and oxygen atoms in total. The second-order valence-corrected chi connectivity index (χ2v) is 13.2. The van der Waals surface area contributed by atoms with Crippen LogP contribution in [0, 0.1) is 5.92 Å². The summed E-state index contributed by atoms with van der Waals surface area (Å²) in [5.74, 6) is 1.35. The highest BCUT2D eigenvalue weighted by Crippen LogP contribution is 2.45. The number of ether oxygens (including phenoxy) is 3. The molecule has 0 radical (unpaired) electrons. The minimum atomic E-state index is -3.67. The van der Waals surface area contributed by atoms with Crippen LogP contribution >= 0.6 is 0 Å². The van der Waals surface area contributed by atoms with Crippen molar-refractivity contribution in [3.05, 3.63) is 95.1 Å². The van der Waals surface area contributed by atoms with Crippen molar-refractivity contribution < 1.29 is 27.4 Å². The van der Waals surface area contributed by atoms with Crippen molar-refractivity contribution in [2.24, 2.45) is 11.0 Å². The van der Waals surface area contributed by atoms with Gasteiger partial charge in [-0.25, -0.2) is 13.4 Å². The van der Waals surface area contributed by atoms with Crippen molar-refractivity contribution in [2.75, 3.05) is 39.5 Å². The first kappa shape index (κ1) is 31.0. The molecule has 2 fully saturated rings. The third-order valence-corrected chi connectivity index (χ3v) is 10.4. The number of rotatable bonds is 9. The lowest BCUT2D eigenvalue weighted by molar-refractivity contribution is 0.0680. The van der Waals surface area contributed by atoms with Crippen molar-refractivity contribution in [2.45, 2.75) is 44.0 Å². The number of morpholine rings is 1. The highest BCUT2D eigenvalue weighted by molar-refractivity contribution is 7.89. The van der Waals surface area contributed by atoms with Crippen molar-refractivity contribution in [1.29, 1.82) is 0 Å². The summed E-state index contributed by atoms with van der Waals surface area (Å²) in [6.45, 7) is 6.46. The van der Waals surface area contributed by atoms with Crippen LogP contribution in [0.2, 0.25) is 0 Å². The van der Waals surface area contributed by atoms with E-state index in [0.29, 0.717) is 45.1 Å². The number of allylic oxidation sites excluding steroid dienone is 1. The molecule has 236 valence electrons. The molecule has 3 aromatic carbocycles. The number of amides is 1. The number of sulfonamides is 1. The van der Waals surface area contributed by atoms with E-state index in [9.17, 15) is 13.2 Å². The molecule has 0 bridgehead atoms. The zero-order valence-corrected chi connectivity index (χ0v) is 26.5. The molecule has 0 aromatic heterocycles. The fourth-order valence-corrected chi connectivity index (χ4v) is 7.70. The number of benzene rings is 3. The van der Waals surface area contributed by atoms with Crippen LogP contribution in [0.3, 0.4) is 0 Å². The number of carbonyl (C=O) groups excluding carboxylic acids is 1. The Bertz CT molecular complexity index is 1660. The Hall–Kier alpha value is -3.99. The summed E-state index contributed by atoms with van der Waals surface area (Å²) in [5, 5.41) is 6.60. The molecule has 3 aliphatic rings. The second kappa shape index (κ2) is 13.6. The van der Waals surface area contributed by atoms with Gasteiger partial charge in [0.15, 0.2) is 0 Å². The van der Waals surface area contributed by atoms with Crippen LogP contribution in [0.1, 0.15) is 60.6 Å². The molecular formula is C35H39N3O6S. The largest absolute Gasteiger partial charge is 0.494 e. The maximum atomic E-state index is 14.2. The van der Waals surface area contributed by atoms with E-state index in [4.69, 9.17) is 19.3 Å². The van der Waals surface area contributed by atoms with E-state index >= 15 is 0 Å². The second-order valence-electron chi connectivity index (χ2n) is 11.3. The molecule has 2 atom stereocenters. The predicted molar refractivity (Wildman–Crippen MR) is 173 cm³/mol. The van der Waals surface area contributed by atoms with Gasteiger partial charge in [0.1, 0.15) is 11.5 Å². The summed E-state index contributed by atoms with van der Waals surface area (Å²) in [6.07, 6.45) is 4.91. The third-order valence-electron chi connectivity index (χ3n) is 8.48. The zero-order valence-electron chi connectivity index (χ0n) is 25.7. The number of hydrogen-bond donors (Lipinski definition) is 0. The van der Waals surface area contributed by atoms with Crippen molar-refractivity contribution in [3.63, 3.8) is 0 Å². The highest BCUT2D eigenvalue weighted by Gasteiger charge is 2.44. The van der Waals surface area contributed by atoms with E-state index in [2.05, 4.69) is 6.08 Å². The Morgan fingerprint density at radius 1 is 0.911 bits per heavy atom. The first-order valence-corrected chi connectivity index (χ1v) is 17.1. The summed E-state index contributed by atoms with van der Waals surface area (Å²) in [7, 11) is -3.67. The Balaban J connectivity index is 1.33. The van der Waals surface area contributed by atoms with Crippen LogP contribution in [-0.2, 0) is 14.8 Å². The predicted octanol–water partition coefficient (Wildman–Crippen LogP) is 5.94. The lowest BCUT2D eigenvalue weighted by Gasteiger charge is -2.30. The van der Waals surface area contributed by atoms with Crippen LogP contribution < -0.4 is 9.47 Å². The van der Waals surface area contributed by atoms with Crippen molar-refractivity contribution in [1.82, 2.24) is 9.31 Å². The van der Waals surface area contributed by atoms with Crippen LogP contribution in [0.25, 0.3) is 6.08 Å². The van der Waals surface area contributed by atoms with E-state index in [1.807, 2.05) is 62.4 Å². The van der Waals surface area contributed by atoms with E-state index in [1.165, 1.54) is 16.4 Å². The molecule has 45 heavy (non-hydrogen) atoms. The van der Waals surface area contributed by atoms with Crippen molar-refractivity contribution in [3.8, 4) is 11.5 Å². The minimum absolute atomic E-state index is 0.0237. The van der Waals surface area contributed by atoms with Gasteiger partial charge in [-0.05, 0) is 104 Å². The fraction of sp³-hybridized carbons (Fsp3) is 0.371. The number of hydrazone groups is 1. The molecule has 2 aliphatic heterocycles. The molecule has 10 heteroatoms. The molecular weight excluding hydrogens is 590 g/mol. The molecule has 0 spiro atoms. The van der Waals surface area contributed by atoms with Gasteiger partial charge < -0.3 is 14.2 Å². The molecule has 3 aromatic rings. The number of fused-ring (bicyclic) bond motifs is 1. The van der Waals surface area contributed by atoms with Gasteiger partial charge in [0, 0.05) is 24.6 Å². The Kier molecular flexibility index (Phi) is 9.34. The van der Waals surface area contributed by atoms with Gasteiger partial charge in [0.05, 0.1) is 43.1 Å². The van der Waals surface area contributed by atoms with E-state index < -0.39 is 10.0 Å². The maximum Gasteiger partial charge on any atom is 0.274 e. The average Bonchev–Trinajstić information content (AvgIpc) is 3.47. The lowest BCUT2D eigenvalue weighted by Crippen LogP contribution is -2.40. The van der Waals surface area contributed by atoms with Gasteiger partial charge in [-0.3, -0.25) is 4.79 Å². The molecule has 0 N–H and O–H groups in total. The molecule has 1 saturated heterocycles. The van der Waals surface area contributed by atoms with Gasteiger partial charge in [0.2, 0.25) is 10.0 Å². The average molecular weight is 630 g/mol. The topological polar surface area (TPSA) is 97.7 Å². The molecule has 2 heterocycles. The molecule has 6 rings (SSSR count). The Labute approximate surface area is 265 Å². The fourth-order valence-electron chi connectivity index (χ4n) is 6.30. The van der Waals surface area contributed by atoms with Crippen LogP contribution in [0.15, 0.2) is 88.4 Å². The van der Waals surface area contributed by atoms with E-state index in [1.54, 1.807) is 17.1 Å². The van der Waals surface area contributed by atoms with Crippen LogP contribution in [0.4, 0.5) is 0 Å². The maximum absolute atomic E-state index is 14.2. The number of nitrogens with zero attached hydrogens (tertiary/aromatic N) is 3. The monoisotopic (exact) mass is 629 g/mol. The summed E-state index contributed by atoms with van der Waals surface area (Å²) in [6, 6.07) is 21.8. The van der Waals surface area contributed by atoms with Gasteiger partial charge in [0.25, 0.3) is 5.91 Å². The first-order chi connectivity index (χ1) is 21.9. The van der Waals surface area contributed by atoms with Gasteiger partial charge in [-0.15, -0.1) is 0 Å². The zero-order chi connectivity index (χ0) is 31.4. The van der Waals surface area contributed by atoms with Gasteiger partial charge in [-0.2, -0.15) is 9.41 Å². The summed E-state index contributed by atoms with van der Waals surface area (Å²) >= 11 is 0. The minimum Gasteiger partial charge on any atom is -0.494 e. The van der Waals surface area contributed by atoms with Gasteiger partial charge >= 0.3 is 0 Å². The quantitative estimate of drug-likeness (QED) is 0.291. The number of hydrogen-bond acceptors (Lipinski definition) is 7. The SMILES string of the molecule is CCOc1ccc(C=C2CCCC3C2=NN(C(=O)c2ccc(S(=O)(=O)N4CCOCC4)cc2)C3c2ccc(OCC)cc2)cc1. The van der Waals surface area contributed by atoms with Crippen LogP contribution in [0.5, 0.6) is 11.5 Å².